The molecule has 10 heteroatoms. The standard InChI is InChI=1S/C27H24FN7OS/c1-16-13-35(26-20(11-29)27(36)33(4)22-9-10-23(30-3)32-24(22)26)17(2)12-34(16)25(21-14-37-15-31-21)18-5-7-19(28)8-6-18/h5-10,14-17,25H,12-13H2,1-2,4H3/t16-,17+,25?/m1/s1. The number of nitrogens with zero attached hydrogens (tertiary/aromatic N) is 7. The van der Waals surface area contributed by atoms with Crippen LogP contribution in [0.15, 0.2) is 52.1 Å². The molecule has 4 heterocycles. The van der Waals surface area contributed by atoms with Crippen LogP contribution < -0.4 is 10.5 Å². The molecule has 0 spiro atoms. The summed E-state index contributed by atoms with van der Waals surface area (Å²) in [7, 11) is 1.61. The Kier molecular flexibility index (Phi) is 6.46. The van der Waals surface area contributed by atoms with Crippen molar-refractivity contribution in [1.82, 2.24) is 19.4 Å². The van der Waals surface area contributed by atoms with Gasteiger partial charge in [-0.1, -0.05) is 18.7 Å². The van der Waals surface area contributed by atoms with E-state index < -0.39 is 5.56 Å². The number of aromatic nitrogens is 3. The van der Waals surface area contributed by atoms with Crippen LogP contribution in [0, 0.1) is 23.7 Å². The first-order chi connectivity index (χ1) is 17.8. The second-order valence-corrected chi connectivity index (χ2v) is 9.98. The van der Waals surface area contributed by atoms with Crippen LogP contribution in [0.25, 0.3) is 15.9 Å². The molecule has 0 amide bonds. The average molecular weight is 514 g/mol. The predicted molar refractivity (Wildman–Crippen MR) is 141 cm³/mol. The molecule has 1 aliphatic heterocycles. The molecular formula is C27H24FN7OS. The molecule has 3 atom stereocenters. The lowest BCUT2D eigenvalue weighted by molar-refractivity contribution is 0.128. The molecule has 5 rings (SSSR count). The summed E-state index contributed by atoms with van der Waals surface area (Å²) in [4.78, 5) is 30.1. The van der Waals surface area contributed by atoms with Crippen molar-refractivity contribution < 1.29 is 4.39 Å². The number of pyridine rings is 2. The molecule has 0 bridgehead atoms. The van der Waals surface area contributed by atoms with Gasteiger partial charge in [0.25, 0.3) is 11.4 Å². The van der Waals surface area contributed by atoms with Gasteiger partial charge in [-0.05, 0) is 43.7 Å². The Hall–Kier alpha value is -4.12. The highest BCUT2D eigenvalue weighted by Gasteiger charge is 2.38. The monoisotopic (exact) mass is 513 g/mol. The van der Waals surface area contributed by atoms with Gasteiger partial charge in [0.15, 0.2) is 0 Å². The van der Waals surface area contributed by atoms with E-state index in [-0.39, 0.29) is 35.3 Å². The van der Waals surface area contributed by atoms with Crippen LogP contribution in [-0.2, 0) is 7.05 Å². The molecule has 3 aromatic heterocycles. The van der Waals surface area contributed by atoms with E-state index in [0.29, 0.717) is 29.8 Å². The average Bonchev–Trinajstić information content (AvgIpc) is 3.43. The molecule has 1 fully saturated rings. The van der Waals surface area contributed by atoms with E-state index in [1.165, 1.54) is 28.0 Å². The number of anilines is 1. The highest BCUT2D eigenvalue weighted by molar-refractivity contribution is 7.07. The number of thiazole rings is 1. The van der Waals surface area contributed by atoms with Gasteiger partial charge >= 0.3 is 0 Å². The van der Waals surface area contributed by atoms with Crippen molar-refractivity contribution in [1.29, 1.82) is 5.26 Å². The van der Waals surface area contributed by atoms with Crippen molar-refractivity contribution in [3.63, 3.8) is 0 Å². The summed E-state index contributed by atoms with van der Waals surface area (Å²) < 4.78 is 15.1. The topological polar surface area (TPSA) is 82.4 Å². The Balaban J connectivity index is 1.60. The number of hydrogen-bond acceptors (Lipinski definition) is 7. The molecule has 0 radical (unpaired) electrons. The zero-order valence-electron chi connectivity index (χ0n) is 20.6. The molecule has 37 heavy (non-hydrogen) atoms. The Labute approximate surface area is 217 Å². The van der Waals surface area contributed by atoms with E-state index in [1.807, 2.05) is 12.3 Å². The lowest BCUT2D eigenvalue weighted by Gasteiger charge is -2.48. The maximum Gasteiger partial charge on any atom is 0.271 e. The number of nitriles is 1. The summed E-state index contributed by atoms with van der Waals surface area (Å²) in [5, 5.41) is 12.0. The summed E-state index contributed by atoms with van der Waals surface area (Å²) in [5.41, 5.74) is 4.76. The van der Waals surface area contributed by atoms with Crippen LogP contribution in [0.1, 0.15) is 36.7 Å². The first-order valence-corrected chi connectivity index (χ1v) is 12.8. The largest absolute Gasteiger partial charge is 0.361 e. The van der Waals surface area contributed by atoms with Gasteiger partial charge in [-0.15, -0.1) is 16.3 Å². The Bertz CT molecular complexity index is 1600. The summed E-state index contributed by atoms with van der Waals surface area (Å²) >= 11 is 1.51. The normalized spacial score (nSPS) is 18.9. The second-order valence-electron chi connectivity index (χ2n) is 9.26. The van der Waals surface area contributed by atoms with E-state index in [1.54, 1.807) is 36.8 Å². The molecule has 1 aromatic carbocycles. The third-order valence-corrected chi connectivity index (χ3v) is 7.60. The van der Waals surface area contributed by atoms with Crippen molar-refractivity contribution in [2.45, 2.75) is 32.0 Å². The summed E-state index contributed by atoms with van der Waals surface area (Å²) in [6, 6.07) is 11.6. The summed E-state index contributed by atoms with van der Waals surface area (Å²) in [6.07, 6.45) is 0. The first kappa shape index (κ1) is 24.6. The molecule has 8 nitrogen and oxygen atoms in total. The highest BCUT2D eigenvalue weighted by atomic mass is 32.1. The SMILES string of the molecule is [C-]#[N+]c1ccc2c(n1)c(N1C[C@@H](C)N(C(c3ccc(F)cc3)c3cscn3)C[C@@H]1C)c(C#N)c(=O)n2C. The number of rotatable bonds is 4. The van der Waals surface area contributed by atoms with Gasteiger partial charge in [-0.2, -0.15) is 5.26 Å². The van der Waals surface area contributed by atoms with E-state index >= 15 is 0 Å². The molecule has 186 valence electrons. The minimum atomic E-state index is -0.392. The number of halogens is 1. The first-order valence-electron chi connectivity index (χ1n) is 11.8. The van der Waals surface area contributed by atoms with Crippen molar-refractivity contribution in [2.24, 2.45) is 7.05 Å². The van der Waals surface area contributed by atoms with Crippen molar-refractivity contribution in [3.05, 3.63) is 91.7 Å². The molecule has 0 N–H and O–H groups in total. The molecule has 1 unspecified atom stereocenters. The van der Waals surface area contributed by atoms with Gasteiger partial charge in [-0.3, -0.25) is 9.69 Å². The third kappa shape index (κ3) is 4.25. The third-order valence-electron chi connectivity index (χ3n) is 7.00. The number of benzene rings is 1. The molecule has 4 aromatic rings. The van der Waals surface area contributed by atoms with Crippen molar-refractivity contribution in [3.8, 4) is 6.07 Å². The highest BCUT2D eigenvalue weighted by Crippen LogP contribution is 2.37. The minimum absolute atomic E-state index is 0.0114. The van der Waals surface area contributed by atoms with Crippen LogP contribution in [0.4, 0.5) is 15.9 Å². The summed E-state index contributed by atoms with van der Waals surface area (Å²) in [5.74, 6) is -0.0876. The fourth-order valence-corrected chi connectivity index (χ4v) is 5.76. The lowest BCUT2D eigenvalue weighted by Crippen LogP contribution is -2.58. The van der Waals surface area contributed by atoms with Crippen LogP contribution >= 0.6 is 11.3 Å². The van der Waals surface area contributed by atoms with Crippen LogP contribution in [-0.4, -0.2) is 44.6 Å². The molecular weight excluding hydrogens is 489 g/mol. The van der Waals surface area contributed by atoms with Crippen molar-refractivity contribution >= 4 is 33.9 Å². The van der Waals surface area contributed by atoms with Crippen LogP contribution in [0.3, 0.4) is 0 Å². The van der Waals surface area contributed by atoms with Gasteiger partial charge < -0.3 is 14.3 Å². The van der Waals surface area contributed by atoms with E-state index in [4.69, 9.17) is 6.57 Å². The van der Waals surface area contributed by atoms with Gasteiger partial charge in [0.1, 0.15) is 23.1 Å². The molecule has 1 aliphatic rings. The smallest absolute Gasteiger partial charge is 0.271 e. The number of fused-ring (bicyclic) bond motifs is 1. The predicted octanol–water partition coefficient (Wildman–Crippen LogP) is 4.64. The zero-order valence-corrected chi connectivity index (χ0v) is 21.4. The van der Waals surface area contributed by atoms with Gasteiger partial charge in [0.2, 0.25) is 5.52 Å². The number of hydrogen-bond donors (Lipinski definition) is 0. The van der Waals surface area contributed by atoms with E-state index in [0.717, 1.165) is 11.3 Å². The Morgan fingerprint density at radius 2 is 1.95 bits per heavy atom. The van der Waals surface area contributed by atoms with Gasteiger partial charge in [0.05, 0.1) is 22.8 Å². The van der Waals surface area contributed by atoms with Crippen LogP contribution in [0.5, 0.6) is 0 Å². The molecule has 0 aliphatic carbocycles. The number of piperazine rings is 1. The molecule has 0 saturated carbocycles. The van der Waals surface area contributed by atoms with Gasteiger partial charge in [-0.25, -0.2) is 9.37 Å². The van der Waals surface area contributed by atoms with E-state index in [2.05, 4.69) is 37.6 Å². The maximum absolute atomic E-state index is 13.7. The second kappa shape index (κ2) is 9.74. The lowest BCUT2D eigenvalue weighted by atomic mass is 9.96. The quantitative estimate of drug-likeness (QED) is 0.370. The summed E-state index contributed by atoms with van der Waals surface area (Å²) in [6.45, 7) is 12.7. The Morgan fingerprint density at radius 1 is 1.19 bits per heavy atom. The van der Waals surface area contributed by atoms with E-state index in [9.17, 15) is 14.4 Å². The fraction of sp³-hybridized carbons (Fsp3) is 0.296. The van der Waals surface area contributed by atoms with Gasteiger partial charge in [0, 0.05) is 37.6 Å². The molecule has 1 saturated heterocycles. The van der Waals surface area contributed by atoms with Crippen LogP contribution in [0.2, 0.25) is 0 Å². The fourth-order valence-electron chi connectivity index (χ4n) is 5.18. The minimum Gasteiger partial charge on any atom is -0.361 e. The number of aryl methyl sites for hydroxylation is 1. The zero-order chi connectivity index (χ0) is 26.3. The van der Waals surface area contributed by atoms with Crippen molar-refractivity contribution in [2.75, 3.05) is 18.0 Å². The Morgan fingerprint density at radius 3 is 2.59 bits per heavy atom. The maximum atomic E-state index is 13.7.